The minimum Gasteiger partial charge on any atom is -0.507 e. The number of fused-ring (bicyclic) bond motifs is 2. The highest BCUT2D eigenvalue weighted by atomic mass is 16.6. The maximum Gasteiger partial charge on any atom is 0.301 e. The molecular weight excluding hydrogens is 841 g/mol. The number of rotatable bonds is 13. The van der Waals surface area contributed by atoms with Gasteiger partial charge in [-0.2, -0.15) is 10.2 Å². The van der Waals surface area contributed by atoms with Gasteiger partial charge in [-0.05, 0) is 59.7 Å². The summed E-state index contributed by atoms with van der Waals surface area (Å²) in [6.07, 6.45) is 1.93. The predicted octanol–water partition coefficient (Wildman–Crippen LogP) is 9.28. The van der Waals surface area contributed by atoms with E-state index < -0.39 is 88.8 Å². The molecule has 0 heterocycles. The molecule has 0 bridgehead atoms. The van der Waals surface area contributed by atoms with Gasteiger partial charge in [0.05, 0.1) is 55.4 Å². The number of phenolic OH excluding ortho intramolecular Hbond substituents is 6. The van der Waals surface area contributed by atoms with Crippen molar-refractivity contribution in [3.05, 3.63) is 122 Å². The molecule has 22 heteroatoms. The summed E-state index contributed by atoms with van der Waals surface area (Å²) in [5.74, 6) is -4.59. The summed E-state index contributed by atoms with van der Waals surface area (Å²) < 4.78 is 0. The minimum absolute atomic E-state index is 0.000933. The van der Waals surface area contributed by atoms with Gasteiger partial charge in [0.2, 0.25) is 0 Å². The summed E-state index contributed by atoms with van der Waals surface area (Å²) in [6.45, 7) is 10.1. The SMILES string of the molecule is Cc1cc2c(C(C)C)c(O)c(O)c(/C=N\Nc3ccc([N+](=O)[O-])cc3[N+](=O)[O-])c2c(O)c1-c1c(C)cc2c(C(C)C)c(O)c(O)c(/C=N\Nc3ccc([N+](=O)[O-])cc3[N+](=O)[O-])c2c1O. The molecule has 0 aliphatic heterocycles. The van der Waals surface area contributed by atoms with Gasteiger partial charge in [-0.1, -0.05) is 39.8 Å². The van der Waals surface area contributed by atoms with Gasteiger partial charge in [0, 0.05) is 45.2 Å². The van der Waals surface area contributed by atoms with E-state index >= 15 is 0 Å². The fourth-order valence-corrected chi connectivity index (χ4v) is 7.72. The van der Waals surface area contributed by atoms with Crippen LogP contribution in [0.1, 0.15) is 72.9 Å². The summed E-state index contributed by atoms with van der Waals surface area (Å²) in [5.41, 5.74) is 2.32. The molecule has 0 unspecified atom stereocenters. The van der Waals surface area contributed by atoms with Crippen molar-refractivity contribution in [2.24, 2.45) is 10.2 Å². The van der Waals surface area contributed by atoms with E-state index in [2.05, 4.69) is 21.1 Å². The number of nitrogens with zero attached hydrogens (tertiary/aromatic N) is 6. The van der Waals surface area contributed by atoms with Gasteiger partial charge in [-0.15, -0.1) is 0 Å². The second-order valence-corrected chi connectivity index (χ2v) is 15.2. The maximum absolute atomic E-state index is 12.4. The van der Waals surface area contributed by atoms with Gasteiger partial charge in [0.1, 0.15) is 22.9 Å². The van der Waals surface area contributed by atoms with Crippen LogP contribution in [-0.4, -0.2) is 62.8 Å². The van der Waals surface area contributed by atoms with Gasteiger partial charge in [-0.25, -0.2) is 0 Å². The van der Waals surface area contributed by atoms with Crippen molar-refractivity contribution in [2.75, 3.05) is 10.9 Å². The fourth-order valence-electron chi connectivity index (χ4n) is 7.72. The van der Waals surface area contributed by atoms with Crippen LogP contribution < -0.4 is 10.9 Å². The molecule has 0 saturated carbocycles. The average Bonchev–Trinajstić information content (AvgIpc) is 3.21. The average molecular weight is 879 g/mol. The Morgan fingerprint density at radius 3 is 1.16 bits per heavy atom. The van der Waals surface area contributed by atoms with Crippen molar-refractivity contribution in [2.45, 2.75) is 53.4 Å². The Balaban J connectivity index is 1.61. The zero-order chi connectivity index (χ0) is 47.2. The third-order valence-corrected chi connectivity index (χ3v) is 10.5. The summed E-state index contributed by atoms with van der Waals surface area (Å²) in [6, 6.07) is 8.72. The highest BCUT2D eigenvalue weighted by Crippen LogP contribution is 2.54. The minimum atomic E-state index is -0.871. The number of hydrogen-bond donors (Lipinski definition) is 8. The fraction of sp³-hybridized carbons (Fsp3) is 0.190. The molecule has 0 atom stereocenters. The van der Waals surface area contributed by atoms with E-state index in [0.717, 1.165) is 48.8 Å². The molecule has 6 aromatic rings. The lowest BCUT2D eigenvalue weighted by Crippen LogP contribution is -2.02. The number of hydrogen-bond acceptors (Lipinski definition) is 18. The van der Waals surface area contributed by atoms with Crippen molar-refractivity contribution >= 4 is 68.1 Å². The number of non-ortho nitro benzene ring substituents is 2. The van der Waals surface area contributed by atoms with Crippen LogP contribution in [0.3, 0.4) is 0 Å². The molecule has 0 saturated heterocycles. The zero-order valence-electron chi connectivity index (χ0n) is 34.6. The van der Waals surface area contributed by atoms with Crippen LogP contribution in [0.5, 0.6) is 34.5 Å². The largest absolute Gasteiger partial charge is 0.507 e. The van der Waals surface area contributed by atoms with Crippen LogP contribution >= 0.6 is 0 Å². The highest BCUT2D eigenvalue weighted by molar-refractivity contribution is 6.15. The lowest BCUT2D eigenvalue weighted by atomic mass is 9.83. The molecule has 0 spiro atoms. The molecule has 6 rings (SSSR count). The highest BCUT2D eigenvalue weighted by Gasteiger charge is 2.30. The first kappa shape index (κ1) is 44.7. The Hall–Kier alpha value is -8.82. The molecule has 0 aromatic heterocycles. The van der Waals surface area contributed by atoms with Gasteiger partial charge < -0.3 is 30.6 Å². The molecule has 8 N–H and O–H groups in total. The number of anilines is 2. The second kappa shape index (κ2) is 16.9. The van der Waals surface area contributed by atoms with Crippen LogP contribution in [-0.2, 0) is 0 Å². The molecule has 0 aliphatic rings. The van der Waals surface area contributed by atoms with Crippen LogP contribution in [0.15, 0.2) is 58.7 Å². The number of aromatic hydroxyl groups is 6. The Labute approximate surface area is 360 Å². The number of nitrogens with one attached hydrogen (secondary N) is 2. The topological polar surface area (TPSA) is 343 Å². The van der Waals surface area contributed by atoms with Gasteiger partial charge in [0.15, 0.2) is 23.0 Å². The van der Waals surface area contributed by atoms with Crippen LogP contribution in [0.25, 0.3) is 32.7 Å². The van der Waals surface area contributed by atoms with E-state index in [1.165, 1.54) is 0 Å². The summed E-state index contributed by atoms with van der Waals surface area (Å²) in [4.78, 5) is 42.7. The smallest absolute Gasteiger partial charge is 0.301 e. The number of nitro benzene ring substituents is 4. The van der Waals surface area contributed by atoms with Crippen molar-refractivity contribution in [3.63, 3.8) is 0 Å². The van der Waals surface area contributed by atoms with Crippen LogP contribution in [0.4, 0.5) is 34.1 Å². The molecule has 0 aliphatic carbocycles. The van der Waals surface area contributed by atoms with Gasteiger partial charge >= 0.3 is 11.4 Å². The van der Waals surface area contributed by atoms with Crippen molar-refractivity contribution in [1.29, 1.82) is 0 Å². The molecule has 0 fully saturated rings. The first-order chi connectivity index (χ1) is 30.1. The Morgan fingerprint density at radius 2 is 0.859 bits per heavy atom. The van der Waals surface area contributed by atoms with Crippen LogP contribution in [0, 0.1) is 54.3 Å². The van der Waals surface area contributed by atoms with E-state index in [9.17, 15) is 71.1 Å². The second-order valence-electron chi connectivity index (χ2n) is 15.2. The normalized spacial score (nSPS) is 11.7. The predicted molar refractivity (Wildman–Crippen MR) is 236 cm³/mol. The van der Waals surface area contributed by atoms with E-state index in [1.807, 2.05) is 0 Å². The number of aryl methyl sites for hydroxylation is 2. The number of phenols is 6. The van der Waals surface area contributed by atoms with E-state index in [0.29, 0.717) is 11.1 Å². The van der Waals surface area contributed by atoms with Gasteiger partial charge in [-0.3, -0.25) is 51.3 Å². The first-order valence-electron chi connectivity index (χ1n) is 19.0. The molecule has 330 valence electrons. The molecule has 22 nitrogen and oxygen atoms in total. The first-order valence-corrected chi connectivity index (χ1v) is 19.0. The number of nitro groups is 4. The number of benzene rings is 6. The van der Waals surface area contributed by atoms with Gasteiger partial charge in [0.25, 0.3) is 11.4 Å². The Kier molecular flexibility index (Phi) is 11.8. The summed E-state index contributed by atoms with van der Waals surface area (Å²) >= 11 is 0. The van der Waals surface area contributed by atoms with Crippen LogP contribution in [0.2, 0.25) is 0 Å². The summed E-state index contributed by atoms with van der Waals surface area (Å²) in [7, 11) is 0. The molecular formula is C42H38N8O14. The molecule has 64 heavy (non-hydrogen) atoms. The van der Waals surface area contributed by atoms with E-state index in [1.54, 1.807) is 53.7 Å². The molecule has 0 amide bonds. The third-order valence-electron chi connectivity index (χ3n) is 10.5. The molecule has 0 radical (unpaired) electrons. The van der Waals surface area contributed by atoms with E-state index in [4.69, 9.17) is 0 Å². The zero-order valence-corrected chi connectivity index (χ0v) is 34.6. The van der Waals surface area contributed by atoms with E-state index in [-0.39, 0.29) is 66.3 Å². The van der Waals surface area contributed by atoms with Crippen molar-refractivity contribution in [3.8, 4) is 45.6 Å². The van der Waals surface area contributed by atoms with Crippen molar-refractivity contribution in [1.82, 2.24) is 0 Å². The molecule has 6 aromatic carbocycles. The third kappa shape index (κ3) is 7.69. The quantitative estimate of drug-likeness (QED) is 0.0232. The summed E-state index contributed by atoms with van der Waals surface area (Å²) in [5, 5.41) is 125. The maximum atomic E-state index is 12.4. The lowest BCUT2D eigenvalue weighted by molar-refractivity contribution is -0.393. The monoisotopic (exact) mass is 878 g/mol. The Bertz CT molecular complexity index is 2870. The Morgan fingerprint density at radius 1 is 0.516 bits per heavy atom. The van der Waals surface area contributed by atoms with Crippen molar-refractivity contribution < 1.29 is 50.3 Å². The standard InChI is InChI=1S/C42H38N8O14/c1-17(2)31-23-11-19(5)33(39(53)35(23)25(37(51)41(31)55)15-43-45-27-9-7-21(47(57)58)13-29(27)49(61)62)34-20(6)12-24-32(18(3)4)42(56)38(52)26(36(24)40(34)54)16-44-46-28-10-8-22(48(59)60)14-30(28)50(63)64/h7-18,45-46,51-56H,1-6H3/b43-15-,44-16-. The number of hydrazone groups is 2. The lowest BCUT2D eigenvalue weighted by Gasteiger charge is -2.23.